The molecule has 2 aromatic rings. The lowest BCUT2D eigenvalue weighted by Gasteiger charge is -2.21. The minimum atomic E-state index is -0.917. The lowest BCUT2D eigenvalue weighted by molar-refractivity contribution is -0.150. The van der Waals surface area contributed by atoms with Crippen LogP contribution in [0.3, 0.4) is 0 Å². The monoisotopic (exact) mass is 459 g/mol. The van der Waals surface area contributed by atoms with Crippen LogP contribution in [0, 0.1) is 5.92 Å². The van der Waals surface area contributed by atoms with Gasteiger partial charge in [0.1, 0.15) is 6.04 Å². The maximum Gasteiger partial charge on any atom is 0.329 e. The van der Waals surface area contributed by atoms with Crippen LogP contribution in [-0.2, 0) is 14.3 Å². The van der Waals surface area contributed by atoms with Crippen LogP contribution < -0.4 is 15.5 Å². The van der Waals surface area contributed by atoms with E-state index < -0.39 is 30.4 Å². The molecule has 1 atom stereocenters. The molecule has 0 fully saturated rings. The minimum absolute atomic E-state index is 0.246. The van der Waals surface area contributed by atoms with Gasteiger partial charge >= 0.3 is 5.97 Å². The van der Waals surface area contributed by atoms with Crippen molar-refractivity contribution in [1.29, 1.82) is 0 Å². The Labute approximate surface area is 194 Å². The number of hydrogen-bond donors (Lipinski definition) is 2. The molecule has 0 unspecified atom stereocenters. The molecule has 0 bridgehead atoms. The number of benzene rings is 2. The van der Waals surface area contributed by atoms with Crippen molar-refractivity contribution in [2.45, 2.75) is 33.7 Å². The highest BCUT2D eigenvalue weighted by Gasteiger charge is 2.27. The molecule has 0 aromatic heterocycles. The first-order chi connectivity index (χ1) is 15.3. The second-order valence-electron chi connectivity index (χ2n) is 7.55. The fourth-order valence-electron chi connectivity index (χ4n) is 3.13. The average molecular weight is 460 g/mol. The second kappa shape index (κ2) is 12.1. The van der Waals surface area contributed by atoms with Gasteiger partial charge in [-0.05, 0) is 56.2 Å². The summed E-state index contributed by atoms with van der Waals surface area (Å²) in [4.78, 5) is 39.4. The molecule has 7 nitrogen and oxygen atoms in total. The molecule has 8 heteroatoms. The molecule has 0 aliphatic rings. The van der Waals surface area contributed by atoms with E-state index in [2.05, 4.69) is 29.4 Å². The van der Waals surface area contributed by atoms with Gasteiger partial charge < -0.3 is 20.3 Å². The Morgan fingerprint density at radius 1 is 1.00 bits per heavy atom. The molecule has 0 aliphatic heterocycles. The zero-order chi connectivity index (χ0) is 23.7. The number of nitrogens with zero attached hydrogens (tertiary/aromatic N) is 1. The number of carbonyl (C=O) groups is 3. The number of hydrogen-bond acceptors (Lipinski definition) is 5. The number of ether oxygens (including phenoxy) is 1. The van der Waals surface area contributed by atoms with E-state index in [0.717, 1.165) is 18.8 Å². The molecule has 0 heterocycles. The van der Waals surface area contributed by atoms with E-state index in [-0.39, 0.29) is 16.5 Å². The van der Waals surface area contributed by atoms with E-state index in [4.69, 9.17) is 16.3 Å². The topological polar surface area (TPSA) is 87.7 Å². The number of carbonyl (C=O) groups excluding carboxylic acids is 3. The predicted molar refractivity (Wildman–Crippen MR) is 127 cm³/mol. The Bertz CT molecular complexity index is 927. The van der Waals surface area contributed by atoms with E-state index in [9.17, 15) is 14.4 Å². The number of halogens is 1. The highest BCUT2D eigenvalue weighted by atomic mass is 35.5. The third-order valence-electron chi connectivity index (χ3n) is 4.95. The molecule has 2 N–H and O–H groups in total. The van der Waals surface area contributed by atoms with Crippen molar-refractivity contribution in [3.63, 3.8) is 0 Å². The third kappa shape index (κ3) is 6.99. The van der Waals surface area contributed by atoms with Gasteiger partial charge in [-0.1, -0.05) is 37.6 Å². The number of rotatable bonds is 10. The number of anilines is 2. The maximum absolute atomic E-state index is 12.5. The summed E-state index contributed by atoms with van der Waals surface area (Å²) in [5, 5.41) is 5.63. The Hall–Kier alpha value is -3.06. The summed E-state index contributed by atoms with van der Waals surface area (Å²) < 4.78 is 5.16. The summed E-state index contributed by atoms with van der Waals surface area (Å²) in [5.41, 5.74) is 1.93. The van der Waals surface area contributed by atoms with Gasteiger partial charge in [0.2, 0.25) is 0 Å². The van der Waals surface area contributed by atoms with Crippen molar-refractivity contribution < 1.29 is 19.1 Å². The summed E-state index contributed by atoms with van der Waals surface area (Å²) >= 11 is 6.05. The first kappa shape index (κ1) is 25.2. The van der Waals surface area contributed by atoms with E-state index in [1.54, 1.807) is 50.2 Å². The van der Waals surface area contributed by atoms with Gasteiger partial charge in [0, 0.05) is 24.5 Å². The smallest absolute Gasteiger partial charge is 0.329 e. The Morgan fingerprint density at radius 3 is 2.19 bits per heavy atom. The SMILES string of the molecule is CCN(CC)c1ccc(NC(=O)COC(=O)[C@@H](NC(=O)c2ccccc2Cl)C(C)C)cc1. The van der Waals surface area contributed by atoms with Crippen LogP contribution in [0.25, 0.3) is 0 Å². The summed E-state index contributed by atoms with van der Waals surface area (Å²) in [6, 6.07) is 13.1. The molecule has 2 aromatic carbocycles. The van der Waals surface area contributed by atoms with E-state index in [1.807, 2.05) is 12.1 Å². The van der Waals surface area contributed by atoms with Crippen molar-refractivity contribution in [2.24, 2.45) is 5.92 Å². The molecular formula is C24H30ClN3O4. The molecule has 0 radical (unpaired) electrons. The Kier molecular flexibility index (Phi) is 9.53. The van der Waals surface area contributed by atoms with Crippen molar-refractivity contribution in [1.82, 2.24) is 5.32 Å². The Morgan fingerprint density at radius 2 is 1.62 bits per heavy atom. The van der Waals surface area contributed by atoms with Gasteiger partial charge in [-0.3, -0.25) is 9.59 Å². The van der Waals surface area contributed by atoms with Gasteiger partial charge in [0.25, 0.3) is 11.8 Å². The van der Waals surface area contributed by atoms with E-state index >= 15 is 0 Å². The minimum Gasteiger partial charge on any atom is -0.454 e. The summed E-state index contributed by atoms with van der Waals surface area (Å²) in [5.74, 6) is -1.88. The summed E-state index contributed by atoms with van der Waals surface area (Å²) in [6.07, 6.45) is 0. The van der Waals surface area contributed by atoms with Crippen molar-refractivity contribution >= 4 is 40.8 Å². The zero-order valence-electron chi connectivity index (χ0n) is 18.9. The highest BCUT2D eigenvalue weighted by Crippen LogP contribution is 2.18. The first-order valence-electron chi connectivity index (χ1n) is 10.6. The number of amides is 2. The third-order valence-corrected chi connectivity index (χ3v) is 5.28. The van der Waals surface area contributed by atoms with Crippen LogP contribution >= 0.6 is 11.6 Å². The predicted octanol–water partition coefficient (Wildman–Crippen LogP) is 4.12. The van der Waals surface area contributed by atoms with Crippen LogP contribution in [0.15, 0.2) is 48.5 Å². The molecule has 2 amide bonds. The van der Waals surface area contributed by atoms with Gasteiger partial charge in [-0.25, -0.2) is 4.79 Å². The van der Waals surface area contributed by atoms with Crippen LogP contribution in [0.2, 0.25) is 5.02 Å². The molecule has 0 aliphatic carbocycles. The fraction of sp³-hybridized carbons (Fsp3) is 0.375. The lowest BCUT2D eigenvalue weighted by Crippen LogP contribution is -2.46. The molecular weight excluding hydrogens is 430 g/mol. The number of nitrogens with one attached hydrogen (secondary N) is 2. The zero-order valence-corrected chi connectivity index (χ0v) is 19.6. The van der Waals surface area contributed by atoms with Gasteiger partial charge in [0.05, 0.1) is 10.6 Å². The van der Waals surface area contributed by atoms with Gasteiger partial charge in [-0.2, -0.15) is 0 Å². The fourth-order valence-corrected chi connectivity index (χ4v) is 3.35. The summed E-state index contributed by atoms with van der Waals surface area (Å²) in [6.45, 7) is 9.03. The molecule has 172 valence electrons. The Balaban J connectivity index is 1.91. The molecule has 32 heavy (non-hydrogen) atoms. The quantitative estimate of drug-likeness (QED) is 0.522. The van der Waals surface area contributed by atoms with Crippen molar-refractivity contribution in [3.8, 4) is 0 Å². The molecule has 0 spiro atoms. The highest BCUT2D eigenvalue weighted by molar-refractivity contribution is 6.33. The molecule has 0 saturated heterocycles. The van der Waals surface area contributed by atoms with E-state index in [0.29, 0.717) is 5.69 Å². The van der Waals surface area contributed by atoms with E-state index in [1.165, 1.54) is 0 Å². The second-order valence-corrected chi connectivity index (χ2v) is 7.96. The molecule has 0 saturated carbocycles. The van der Waals surface area contributed by atoms with Gasteiger partial charge in [-0.15, -0.1) is 0 Å². The lowest BCUT2D eigenvalue weighted by atomic mass is 10.0. The van der Waals surface area contributed by atoms with Crippen LogP contribution in [-0.4, -0.2) is 43.5 Å². The normalized spacial score (nSPS) is 11.6. The van der Waals surface area contributed by atoms with Crippen LogP contribution in [0.4, 0.5) is 11.4 Å². The van der Waals surface area contributed by atoms with Crippen LogP contribution in [0.1, 0.15) is 38.1 Å². The van der Waals surface area contributed by atoms with Crippen LogP contribution in [0.5, 0.6) is 0 Å². The van der Waals surface area contributed by atoms with Gasteiger partial charge in [0.15, 0.2) is 6.61 Å². The average Bonchev–Trinajstić information content (AvgIpc) is 2.77. The summed E-state index contributed by atoms with van der Waals surface area (Å²) in [7, 11) is 0. The maximum atomic E-state index is 12.5. The van der Waals surface area contributed by atoms with Crippen molar-refractivity contribution in [3.05, 3.63) is 59.1 Å². The standard InChI is InChI=1S/C24H30ClN3O4/c1-5-28(6-2)18-13-11-17(12-14-18)26-21(29)15-32-24(31)22(16(3)4)27-23(30)19-9-7-8-10-20(19)25/h7-14,16,22H,5-6,15H2,1-4H3,(H,26,29)(H,27,30)/t22-/m0/s1. The number of esters is 1. The molecule has 2 rings (SSSR count). The van der Waals surface area contributed by atoms with Crippen molar-refractivity contribution in [2.75, 3.05) is 29.9 Å². The first-order valence-corrected chi connectivity index (χ1v) is 11.0. The largest absolute Gasteiger partial charge is 0.454 e.